The lowest BCUT2D eigenvalue weighted by Crippen LogP contribution is -2.36. The van der Waals surface area contributed by atoms with Gasteiger partial charge in [-0.05, 0) is 91.6 Å². The molecule has 1 saturated carbocycles. The molecule has 1 saturated heterocycles. The second-order valence-electron chi connectivity index (χ2n) is 9.75. The number of rotatable bonds is 8. The van der Waals surface area contributed by atoms with Crippen LogP contribution in [0.5, 0.6) is 0 Å². The highest BCUT2D eigenvalue weighted by molar-refractivity contribution is 5.98. The van der Waals surface area contributed by atoms with E-state index >= 15 is 0 Å². The van der Waals surface area contributed by atoms with Gasteiger partial charge < -0.3 is 4.84 Å². The van der Waals surface area contributed by atoms with E-state index in [4.69, 9.17) is 14.4 Å². The smallest absolute Gasteiger partial charge is 0.391 e. The largest absolute Gasteiger partial charge is 0.416 e. The maximum Gasteiger partial charge on any atom is 0.416 e. The van der Waals surface area contributed by atoms with E-state index in [1.54, 1.807) is 12.1 Å². The Bertz CT molecular complexity index is 1100. The van der Waals surface area contributed by atoms with Crippen LogP contribution < -0.4 is 0 Å². The van der Waals surface area contributed by atoms with Gasteiger partial charge in [-0.25, -0.2) is 0 Å². The summed E-state index contributed by atoms with van der Waals surface area (Å²) in [6.07, 6.45) is 2.88. The number of oxime groups is 1. The molecule has 2 aliphatic rings. The van der Waals surface area contributed by atoms with Crippen LogP contribution in [0.2, 0.25) is 0 Å². The molecule has 2 fully saturated rings. The number of benzene rings is 2. The van der Waals surface area contributed by atoms with Crippen LogP contribution in [0, 0.1) is 0 Å². The fourth-order valence-electron chi connectivity index (χ4n) is 5.08. The molecule has 2 aromatic rings. The Labute approximate surface area is 216 Å². The molecular weight excluding hydrogens is 481 g/mol. The van der Waals surface area contributed by atoms with Crippen LogP contribution in [-0.2, 0) is 40.2 Å². The van der Waals surface area contributed by atoms with Crippen molar-refractivity contribution in [3.8, 4) is 0 Å². The zero-order chi connectivity index (χ0) is 26.8. The van der Waals surface area contributed by atoms with Crippen LogP contribution in [0.4, 0.5) is 13.2 Å². The van der Waals surface area contributed by atoms with Gasteiger partial charge in [-0.15, -0.1) is 0 Å². The van der Waals surface area contributed by atoms with E-state index < -0.39 is 11.7 Å². The molecule has 0 radical (unpaired) electrons. The minimum Gasteiger partial charge on any atom is -0.391 e. The number of carbonyl (C=O) groups excluding carboxylic acids is 2. The molecule has 1 aliphatic carbocycles. The van der Waals surface area contributed by atoms with Crippen molar-refractivity contribution >= 4 is 11.9 Å². The molecule has 4 rings (SSSR count). The van der Waals surface area contributed by atoms with Crippen LogP contribution >= 0.6 is 0 Å². The van der Waals surface area contributed by atoms with Gasteiger partial charge >= 0.3 is 12.3 Å². The van der Waals surface area contributed by atoms with Gasteiger partial charge in [-0.2, -0.15) is 22.8 Å². The van der Waals surface area contributed by atoms with Crippen molar-refractivity contribution in [1.82, 2.24) is 4.90 Å². The second kappa shape index (κ2) is 13.5. The summed E-state index contributed by atoms with van der Waals surface area (Å²) < 4.78 is 41.4. The molecule has 2 aromatic carbocycles. The molecule has 0 bridgehead atoms. The van der Waals surface area contributed by atoms with Gasteiger partial charge in [0, 0.05) is 6.54 Å². The highest BCUT2D eigenvalue weighted by Gasteiger charge is 2.35. The van der Waals surface area contributed by atoms with Gasteiger partial charge in [0.25, 0.3) is 0 Å². The summed E-state index contributed by atoms with van der Waals surface area (Å²) >= 11 is 0. The zero-order valence-corrected chi connectivity index (χ0v) is 21.6. The van der Waals surface area contributed by atoms with Crippen molar-refractivity contribution in [2.45, 2.75) is 84.0 Å². The molecule has 0 N–H and O–H groups in total. The summed E-state index contributed by atoms with van der Waals surface area (Å²) in [5.41, 5.74) is 4.74. The number of alkyl halides is 3. The molecule has 0 unspecified atom stereocenters. The lowest BCUT2D eigenvalue weighted by Gasteiger charge is -2.31. The Hall–Kier alpha value is -2.96. The van der Waals surface area contributed by atoms with Crippen LogP contribution in [0.1, 0.15) is 91.7 Å². The molecule has 0 amide bonds. The number of likely N-dealkylation sites (tertiary alicyclic amines) is 1. The number of nitrogens with zero attached hydrogens (tertiary/aromatic N) is 2. The molecule has 37 heavy (non-hydrogen) atoms. The fourth-order valence-corrected chi connectivity index (χ4v) is 5.08. The predicted molar refractivity (Wildman–Crippen MR) is 135 cm³/mol. The van der Waals surface area contributed by atoms with Crippen molar-refractivity contribution < 1.29 is 27.6 Å². The number of hydrogen-bond acceptors (Lipinski definition) is 5. The summed E-state index contributed by atoms with van der Waals surface area (Å²) in [6.45, 7) is 7.34. The Morgan fingerprint density at radius 2 is 1.73 bits per heavy atom. The summed E-state index contributed by atoms with van der Waals surface area (Å²) in [6, 6.07) is 11.0. The first-order valence-corrected chi connectivity index (χ1v) is 13.0. The molecule has 1 aliphatic heterocycles. The van der Waals surface area contributed by atoms with Gasteiger partial charge in [0.2, 0.25) is 0 Å². The SMILES string of the molecule is CCc1cc(/C(C)=N/OCc2ccc(C3CCCCC3)c(C(F)(F)F)c2)ccc1CN1CCC1.O=C=O. The second-order valence-corrected chi connectivity index (χ2v) is 9.75. The van der Waals surface area contributed by atoms with Crippen LogP contribution in [-0.4, -0.2) is 29.9 Å². The van der Waals surface area contributed by atoms with Crippen LogP contribution in [0.3, 0.4) is 0 Å². The molecule has 0 aromatic heterocycles. The third-order valence-electron chi connectivity index (χ3n) is 7.25. The molecular formula is C29H35F3N2O3. The molecule has 1 heterocycles. The van der Waals surface area contributed by atoms with Crippen molar-refractivity contribution in [3.05, 3.63) is 69.8 Å². The number of aryl methyl sites for hydroxylation is 1. The van der Waals surface area contributed by atoms with E-state index in [-0.39, 0.29) is 18.7 Å². The Kier molecular flexibility index (Phi) is 10.5. The zero-order valence-electron chi connectivity index (χ0n) is 21.6. The van der Waals surface area contributed by atoms with Gasteiger partial charge in [-0.1, -0.05) is 55.6 Å². The Morgan fingerprint density at radius 3 is 2.32 bits per heavy atom. The fraction of sp³-hybridized carbons (Fsp3) is 0.517. The minimum absolute atomic E-state index is 0.00238. The first-order chi connectivity index (χ1) is 17.8. The van der Waals surface area contributed by atoms with Crippen molar-refractivity contribution in [1.29, 1.82) is 0 Å². The topological polar surface area (TPSA) is 59.0 Å². The van der Waals surface area contributed by atoms with E-state index in [0.29, 0.717) is 11.1 Å². The van der Waals surface area contributed by atoms with E-state index in [9.17, 15) is 13.2 Å². The van der Waals surface area contributed by atoms with Gasteiger partial charge in [-0.3, -0.25) is 4.90 Å². The van der Waals surface area contributed by atoms with Crippen molar-refractivity contribution in [3.63, 3.8) is 0 Å². The maximum absolute atomic E-state index is 13.8. The summed E-state index contributed by atoms with van der Waals surface area (Å²) in [5.74, 6) is -0.00238. The highest BCUT2D eigenvalue weighted by atomic mass is 19.4. The molecule has 8 heteroatoms. The van der Waals surface area contributed by atoms with Crippen LogP contribution in [0.15, 0.2) is 41.6 Å². The molecule has 0 spiro atoms. The normalized spacial score (nSPS) is 16.8. The monoisotopic (exact) mass is 516 g/mol. The quantitative estimate of drug-likeness (QED) is 0.284. The maximum atomic E-state index is 13.8. The first kappa shape index (κ1) is 28.6. The van der Waals surface area contributed by atoms with Gasteiger partial charge in [0.05, 0.1) is 11.3 Å². The lowest BCUT2D eigenvalue weighted by molar-refractivity contribution is -0.191. The predicted octanol–water partition coefficient (Wildman–Crippen LogP) is 6.88. The summed E-state index contributed by atoms with van der Waals surface area (Å²) in [4.78, 5) is 24.2. The summed E-state index contributed by atoms with van der Waals surface area (Å²) in [7, 11) is 0. The minimum atomic E-state index is -4.36. The lowest BCUT2D eigenvalue weighted by atomic mass is 9.81. The summed E-state index contributed by atoms with van der Waals surface area (Å²) in [5, 5.41) is 4.21. The standard InChI is InChI=1S/C28H35F3N2O.CO2/c1-3-22-17-24(11-12-25(22)18-33-14-7-15-33)20(2)32-34-19-21-10-13-26(23-8-5-4-6-9-23)27(16-21)28(29,30)31;2-1-3/h10-13,16-17,23H,3-9,14-15,18-19H2,1-2H3;/b32-20+;. The Morgan fingerprint density at radius 1 is 1.03 bits per heavy atom. The van der Waals surface area contributed by atoms with E-state index in [1.807, 2.05) is 6.92 Å². The number of halogens is 3. The molecule has 200 valence electrons. The van der Waals surface area contributed by atoms with E-state index in [1.165, 1.54) is 23.6 Å². The average Bonchev–Trinajstić information content (AvgIpc) is 2.86. The third kappa shape index (κ3) is 8.01. The van der Waals surface area contributed by atoms with Crippen LogP contribution in [0.25, 0.3) is 0 Å². The average molecular weight is 517 g/mol. The number of hydrogen-bond donors (Lipinski definition) is 0. The van der Waals surface area contributed by atoms with Gasteiger partial charge in [0.15, 0.2) is 0 Å². The van der Waals surface area contributed by atoms with Crippen molar-refractivity contribution in [2.75, 3.05) is 13.1 Å². The Balaban J connectivity index is 0.00000121. The van der Waals surface area contributed by atoms with E-state index in [0.717, 1.165) is 69.4 Å². The molecule has 5 nitrogen and oxygen atoms in total. The van der Waals surface area contributed by atoms with Gasteiger partial charge in [0.1, 0.15) is 6.61 Å². The third-order valence-corrected chi connectivity index (χ3v) is 7.25. The van der Waals surface area contributed by atoms with Crippen molar-refractivity contribution in [2.24, 2.45) is 5.16 Å². The molecule has 0 atom stereocenters. The highest BCUT2D eigenvalue weighted by Crippen LogP contribution is 2.41. The first-order valence-electron chi connectivity index (χ1n) is 13.0. The van der Waals surface area contributed by atoms with E-state index in [2.05, 4.69) is 35.2 Å².